The van der Waals surface area contributed by atoms with Crippen LogP contribution >= 0.6 is 37.2 Å². The largest absolute Gasteiger partial charge is 0.481 e. The van der Waals surface area contributed by atoms with E-state index < -0.39 is 11.9 Å². The van der Waals surface area contributed by atoms with Crippen LogP contribution in [-0.2, 0) is 42.3 Å². The van der Waals surface area contributed by atoms with E-state index in [4.69, 9.17) is 5.11 Å². The molecule has 1 atom stereocenters. The van der Waals surface area contributed by atoms with Crippen LogP contribution in [0.5, 0.6) is 0 Å². The molecule has 0 aromatic carbocycles. The van der Waals surface area contributed by atoms with Gasteiger partial charge in [-0.05, 0) is 6.92 Å². The molecule has 1 N–H and O–H groups in total. The minimum absolute atomic E-state index is 0. The van der Waals surface area contributed by atoms with Gasteiger partial charge in [0.1, 0.15) is 11.7 Å². The minimum Gasteiger partial charge on any atom is -0.481 e. The first-order valence-electron chi connectivity index (χ1n) is 3.37. The van der Waals surface area contributed by atoms with Crippen LogP contribution in [0.25, 0.3) is 0 Å². The number of carboxylic acid groups (broad SMARTS) is 1. The fraction of sp³-hybridized carbons (Fsp3) is 0.714. The summed E-state index contributed by atoms with van der Waals surface area (Å²) in [4.78, 5) is 21.1. The van der Waals surface area contributed by atoms with Crippen molar-refractivity contribution in [2.75, 3.05) is 0 Å². The van der Waals surface area contributed by atoms with Crippen molar-refractivity contribution in [1.82, 2.24) is 0 Å². The molecule has 0 aromatic rings. The Kier molecular flexibility index (Phi) is 18.3. The van der Waals surface area contributed by atoms with E-state index >= 15 is 0 Å². The van der Waals surface area contributed by atoms with E-state index in [0.717, 1.165) is 0 Å². The van der Waals surface area contributed by atoms with E-state index in [0.29, 0.717) is 0 Å². The molecule has 0 rings (SSSR count). The summed E-state index contributed by atoms with van der Waals surface area (Å²) < 4.78 is 0. The molecule has 0 spiro atoms. The van der Waals surface area contributed by atoms with Crippen molar-refractivity contribution >= 4 is 49.0 Å². The fourth-order valence-corrected chi connectivity index (χ4v) is 0.622. The first-order chi connectivity index (χ1) is 5.46. The summed E-state index contributed by atoms with van der Waals surface area (Å²) in [6.45, 7) is 4.80. The fourth-order valence-electron chi connectivity index (χ4n) is 0.622. The summed E-state index contributed by atoms with van der Waals surface area (Å²) in [6, 6.07) is 0. The molecule has 0 saturated carbocycles. The molecule has 13 heavy (non-hydrogen) atoms. The summed E-state index contributed by atoms with van der Waals surface area (Å²) >= 11 is 4.24. The molecule has 0 saturated heterocycles. The monoisotopic (exact) mass is 487 g/mol. The molecule has 0 aliphatic heterocycles. The van der Waals surface area contributed by atoms with Gasteiger partial charge >= 0.3 is 5.97 Å². The van der Waals surface area contributed by atoms with E-state index in [-0.39, 0.29) is 44.4 Å². The number of carboxylic acids is 1. The minimum atomic E-state index is -1.04. The number of ketones is 1. The second-order valence-corrected chi connectivity index (χ2v) is 2.62. The number of rotatable bonds is 3. The maximum absolute atomic E-state index is 10.9. The topological polar surface area (TPSA) is 54.4 Å². The first kappa shape index (κ1) is 20.2. The molecule has 0 aliphatic rings. The van der Waals surface area contributed by atoms with Crippen LogP contribution < -0.4 is 0 Å². The van der Waals surface area contributed by atoms with Crippen molar-refractivity contribution in [3.05, 3.63) is 0 Å². The van der Waals surface area contributed by atoms with Crippen molar-refractivity contribution < 1.29 is 47.4 Å². The maximum Gasteiger partial charge on any atom is 0.313 e. The molecule has 1 unspecified atom stereocenters. The SMILES string of the molecule is CC(C)C(=O)C(C)C(=O)O.II.[Y]. The molecule has 0 amide bonds. The van der Waals surface area contributed by atoms with Gasteiger partial charge in [-0.2, -0.15) is 0 Å². The van der Waals surface area contributed by atoms with E-state index in [2.05, 4.69) is 37.2 Å². The number of aliphatic carboxylic acids is 1. The second kappa shape index (κ2) is 11.8. The standard InChI is InChI=1S/C7H12O3.I2.Y/c1-4(2)6(8)5(3)7(9)10;1-2;/h4-5H,1-3H3,(H,9,10);;. The Morgan fingerprint density at radius 1 is 1.15 bits per heavy atom. The first-order valence-corrected chi connectivity index (χ1v) is 9.66. The maximum atomic E-state index is 10.9. The van der Waals surface area contributed by atoms with Crippen molar-refractivity contribution in [2.24, 2.45) is 11.8 Å². The van der Waals surface area contributed by atoms with Crippen LogP contribution in [0, 0.1) is 11.8 Å². The Hall–Kier alpha value is 1.70. The van der Waals surface area contributed by atoms with E-state index in [1.54, 1.807) is 13.8 Å². The summed E-state index contributed by atoms with van der Waals surface area (Å²) in [7, 11) is 0. The van der Waals surface area contributed by atoms with E-state index in [1.165, 1.54) is 6.92 Å². The molecule has 1 radical (unpaired) electrons. The Morgan fingerprint density at radius 3 is 1.54 bits per heavy atom. The normalized spacial score (nSPS) is 10.6. The predicted octanol–water partition coefficient (Wildman–Crippen LogP) is 2.70. The quantitative estimate of drug-likeness (QED) is 0.493. The average molecular weight is 487 g/mol. The van der Waals surface area contributed by atoms with Crippen LogP contribution in [0.3, 0.4) is 0 Å². The van der Waals surface area contributed by atoms with Gasteiger partial charge < -0.3 is 5.11 Å². The van der Waals surface area contributed by atoms with E-state index in [1.807, 2.05) is 0 Å². The van der Waals surface area contributed by atoms with Crippen molar-refractivity contribution in [3.8, 4) is 0 Å². The van der Waals surface area contributed by atoms with Gasteiger partial charge in [0, 0.05) is 75.9 Å². The van der Waals surface area contributed by atoms with Crippen molar-refractivity contribution in [1.29, 1.82) is 0 Å². The van der Waals surface area contributed by atoms with Gasteiger partial charge in [0.05, 0.1) is 0 Å². The van der Waals surface area contributed by atoms with Gasteiger partial charge in [-0.3, -0.25) is 9.59 Å². The summed E-state index contributed by atoms with van der Waals surface area (Å²) in [5.74, 6) is -2.31. The molecule has 0 heterocycles. The third-order valence-electron chi connectivity index (χ3n) is 1.37. The summed E-state index contributed by atoms with van der Waals surface area (Å²) in [6.07, 6.45) is 0. The molecule has 0 aliphatic carbocycles. The third kappa shape index (κ3) is 10.00. The van der Waals surface area contributed by atoms with E-state index in [9.17, 15) is 9.59 Å². The van der Waals surface area contributed by atoms with Crippen molar-refractivity contribution in [2.45, 2.75) is 20.8 Å². The molecule has 0 aromatic heterocycles. The second-order valence-electron chi connectivity index (χ2n) is 2.62. The van der Waals surface area contributed by atoms with Gasteiger partial charge in [0.2, 0.25) is 0 Å². The zero-order chi connectivity index (χ0) is 10.3. The Labute approximate surface area is 127 Å². The number of hydrogen-bond donors (Lipinski definition) is 1. The van der Waals surface area contributed by atoms with Gasteiger partial charge in [0.25, 0.3) is 0 Å². The molecule has 0 fully saturated rings. The third-order valence-corrected chi connectivity index (χ3v) is 1.37. The molecule has 3 nitrogen and oxygen atoms in total. The molecular weight excluding hydrogens is 475 g/mol. The number of halogens is 2. The van der Waals surface area contributed by atoms with Crippen LogP contribution in [0.2, 0.25) is 0 Å². The predicted molar refractivity (Wildman–Crippen MR) is 64.7 cm³/mol. The molecule has 75 valence electrons. The average Bonchev–Trinajstić information content (AvgIpc) is 2.05. The number of hydrogen-bond acceptors (Lipinski definition) is 2. The Bertz CT molecular complexity index is 162. The number of carbonyl (C=O) groups excluding carboxylic acids is 1. The van der Waals surface area contributed by atoms with Crippen LogP contribution in [0.4, 0.5) is 0 Å². The smallest absolute Gasteiger partial charge is 0.313 e. The molecular formula is C7H12I2O3Y. The Balaban J connectivity index is -0.000000309. The zero-order valence-electron chi connectivity index (χ0n) is 7.75. The summed E-state index contributed by atoms with van der Waals surface area (Å²) in [5.41, 5.74) is 0. The van der Waals surface area contributed by atoms with Gasteiger partial charge in [-0.15, -0.1) is 0 Å². The van der Waals surface area contributed by atoms with Crippen LogP contribution in [0.15, 0.2) is 0 Å². The van der Waals surface area contributed by atoms with Gasteiger partial charge in [-0.1, -0.05) is 13.8 Å². The van der Waals surface area contributed by atoms with Crippen LogP contribution in [-0.4, -0.2) is 16.9 Å². The molecule has 6 heteroatoms. The number of Topliss-reactive ketones (excluding diaryl/α,β-unsaturated/α-hetero) is 1. The van der Waals surface area contributed by atoms with Crippen molar-refractivity contribution in [3.63, 3.8) is 0 Å². The zero-order valence-corrected chi connectivity index (χ0v) is 14.9. The summed E-state index contributed by atoms with van der Waals surface area (Å²) in [5, 5.41) is 8.38. The molecule has 0 bridgehead atoms. The van der Waals surface area contributed by atoms with Gasteiger partial charge in [-0.25, -0.2) is 0 Å². The van der Waals surface area contributed by atoms with Gasteiger partial charge in [0.15, 0.2) is 0 Å². The Morgan fingerprint density at radius 2 is 1.46 bits per heavy atom. The van der Waals surface area contributed by atoms with Crippen LogP contribution in [0.1, 0.15) is 20.8 Å². The number of carbonyl (C=O) groups is 2.